The van der Waals surface area contributed by atoms with Gasteiger partial charge in [-0.3, -0.25) is 0 Å². The Morgan fingerprint density at radius 2 is 2.20 bits per heavy atom. The molecule has 2 atom stereocenters. The molecule has 2 rings (SSSR count). The SMILES string of the molecule is CCCNC(c1cc(OC)ccc1OC)C1CCSC1. The average Bonchev–Trinajstić information content (AvgIpc) is 3.01. The van der Waals surface area contributed by atoms with Crippen LogP contribution in [0.5, 0.6) is 11.5 Å². The summed E-state index contributed by atoms with van der Waals surface area (Å²) in [4.78, 5) is 0. The van der Waals surface area contributed by atoms with Gasteiger partial charge in [0.1, 0.15) is 11.5 Å². The van der Waals surface area contributed by atoms with E-state index in [4.69, 9.17) is 9.47 Å². The zero-order chi connectivity index (χ0) is 14.4. The molecule has 0 amide bonds. The highest BCUT2D eigenvalue weighted by molar-refractivity contribution is 7.99. The lowest BCUT2D eigenvalue weighted by molar-refractivity contribution is 0.356. The zero-order valence-electron chi connectivity index (χ0n) is 12.6. The maximum atomic E-state index is 5.56. The lowest BCUT2D eigenvalue weighted by atomic mass is 9.91. The molecule has 1 heterocycles. The maximum Gasteiger partial charge on any atom is 0.123 e. The van der Waals surface area contributed by atoms with E-state index in [0.29, 0.717) is 12.0 Å². The van der Waals surface area contributed by atoms with Crippen molar-refractivity contribution >= 4 is 11.8 Å². The average molecular weight is 295 g/mol. The fourth-order valence-corrected chi connectivity index (χ4v) is 4.03. The minimum atomic E-state index is 0.356. The van der Waals surface area contributed by atoms with Gasteiger partial charge in [-0.1, -0.05) is 6.92 Å². The smallest absolute Gasteiger partial charge is 0.123 e. The van der Waals surface area contributed by atoms with Gasteiger partial charge in [0.05, 0.1) is 14.2 Å². The minimum absolute atomic E-state index is 0.356. The summed E-state index contributed by atoms with van der Waals surface area (Å²) in [6, 6.07) is 6.45. The number of ether oxygens (including phenoxy) is 2. The van der Waals surface area contributed by atoms with Crippen molar-refractivity contribution in [2.45, 2.75) is 25.8 Å². The third-order valence-electron chi connectivity index (χ3n) is 3.82. The lowest BCUT2D eigenvalue weighted by Crippen LogP contribution is -2.29. The first-order valence-corrected chi connectivity index (χ1v) is 8.48. The normalized spacial score (nSPS) is 19.9. The molecule has 2 unspecified atom stereocenters. The van der Waals surface area contributed by atoms with Crippen LogP contribution in [-0.2, 0) is 0 Å². The summed E-state index contributed by atoms with van der Waals surface area (Å²) in [6.07, 6.45) is 2.41. The summed E-state index contributed by atoms with van der Waals surface area (Å²) in [5.41, 5.74) is 1.23. The monoisotopic (exact) mass is 295 g/mol. The van der Waals surface area contributed by atoms with E-state index in [1.807, 2.05) is 23.9 Å². The molecule has 1 fully saturated rings. The second kappa shape index (κ2) is 7.79. The fourth-order valence-electron chi connectivity index (χ4n) is 2.73. The molecule has 4 heteroatoms. The first-order chi connectivity index (χ1) is 9.80. The summed E-state index contributed by atoms with van der Waals surface area (Å²) < 4.78 is 10.9. The van der Waals surface area contributed by atoms with Crippen LogP contribution in [0.3, 0.4) is 0 Å². The molecule has 1 aliphatic rings. The Bertz CT molecular complexity index is 419. The van der Waals surface area contributed by atoms with Gasteiger partial charge in [0.2, 0.25) is 0 Å². The fraction of sp³-hybridized carbons (Fsp3) is 0.625. The number of methoxy groups -OCH3 is 2. The summed E-state index contributed by atoms with van der Waals surface area (Å²) >= 11 is 2.05. The third kappa shape index (κ3) is 3.61. The highest BCUT2D eigenvalue weighted by Gasteiger charge is 2.28. The van der Waals surface area contributed by atoms with E-state index in [9.17, 15) is 0 Å². The number of hydrogen-bond donors (Lipinski definition) is 1. The number of nitrogens with one attached hydrogen (secondary N) is 1. The third-order valence-corrected chi connectivity index (χ3v) is 5.01. The molecule has 0 radical (unpaired) electrons. The molecule has 0 aliphatic carbocycles. The Hall–Kier alpha value is -0.870. The summed E-state index contributed by atoms with van der Waals surface area (Å²) in [6.45, 7) is 3.24. The summed E-state index contributed by atoms with van der Waals surface area (Å²) in [5.74, 6) is 5.02. The molecule has 1 aliphatic heterocycles. The van der Waals surface area contributed by atoms with Gasteiger partial charge >= 0.3 is 0 Å². The molecule has 0 saturated carbocycles. The zero-order valence-corrected chi connectivity index (χ0v) is 13.5. The van der Waals surface area contributed by atoms with Crippen molar-refractivity contribution < 1.29 is 9.47 Å². The van der Waals surface area contributed by atoms with E-state index in [-0.39, 0.29) is 0 Å². The summed E-state index contributed by atoms with van der Waals surface area (Å²) in [5, 5.41) is 3.70. The van der Waals surface area contributed by atoms with Crippen molar-refractivity contribution in [3.63, 3.8) is 0 Å². The lowest BCUT2D eigenvalue weighted by Gasteiger charge is -2.26. The number of benzene rings is 1. The molecule has 1 aromatic rings. The van der Waals surface area contributed by atoms with Gasteiger partial charge in [-0.2, -0.15) is 11.8 Å². The first-order valence-electron chi connectivity index (χ1n) is 7.33. The van der Waals surface area contributed by atoms with Crippen molar-refractivity contribution in [2.75, 3.05) is 32.3 Å². The quantitative estimate of drug-likeness (QED) is 0.834. The predicted octanol–water partition coefficient (Wildman–Crippen LogP) is 3.50. The van der Waals surface area contributed by atoms with Gasteiger partial charge in [-0.15, -0.1) is 0 Å². The Kier molecular flexibility index (Phi) is 6.05. The second-order valence-corrected chi connectivity index (χ2v) is 6.31. The van der Waals surface area contributed by atoms with E-state index >= 15 is 0 Å². The number of hydrogen-bond acceptors (Lipinski definition) is 4. The van der Waals surface area contributed by atoms with E-state index in [2.05, 4.69) is 18.3 Å². The van der Waals surface area contributed by atoms with Crippen LogP contribution < -0.4 is 14.8 Å². The Morgan fingerprint density at radius 1 is 1.35 bits per heavy atom. The van der Waals surface area contributed by atoms with Gasteiger partial charge in [-0.05, 0) is 55.0 Å². The molecular weight excluding hydrogens is 270 g/mol. The van der Waals surface area contributed by atoms with Crippen molar-refractivity contribution in [3.05, 3.63) is 23.8 Å². The number of rotatable bonds is 7. The molecule has 0 aromatic heterocycles. The van der Waals surface area contributed by atoms with E-state index < -0.39 is 0 Å². The predicted molar refractivity (Wildman–Crippen MR) is 86.0 cm³/mol. The van der Waals surface area contributed by atoms with Crippen molar-refractivity contribution in [1.82, 2.24) is 5.32 Å². The molecule has 1 saturated heterocycles. The molecule has 20 heavy (non-hydrogen) atoms. The molecule has 112 valence electrons. The highest BCUT2D eigenvalue weighted by atomic mass is 32.2. The van der Waals surface area contributed by atoms with Gasteiger partial charge in [-0.25, -0.2) is 0 Å². The molecule has 0 spiro atoms. The van der Waals surface area contributed by atoms with Crippen LogP contribution >= 0.6 is 11.8 Å². The highest BCUT2D eigenvalue weighted by Crippen LogP contribution is 2.39. The van der Waals surface area contributed by atoms with Crippen LogP contribution in [-0.4, -0.2) is 32.3 Å². The molecular formula is C16H25NO2S. The molecule has 1 N–H and O–H groups in total. The Labute approximate surface area is 126 Å². The van der Waals surface area contributed by atoms with E-state index in [1.54, 1.807) is 14.2 Å². The Morgan fingerprint density at radius 3 is 2.80 bits per heavy atom. The molecule has 0 bridgehead atoms. The van der Waals surface area contributed by atoms with Gasteiger partial charge in [0, 0.05) is 11.6 Å². The van der Waals surface area contributed by atoms with E-state index in [1.165, 1.54) is 23.5 Å². The van der Waals surface area contributed by atoms with Crippen LogP contribution in [0.25, 0.3) is 0 Å². The topological polar surface area (TPSA) is 30.5 Å². The van der Waals surface area contributed by atoms with Crippen molar-refractivity contribution in [1.29, 1.82) is 0 Å². The van der Waals surface area contributed by atoms with E-state index in [0.717, 1.165) is 24.5 Å². The second-order valence-electron chi connectivity index (χ2n) is 5.16. The van der Waals surface area contributed by atoms with Gasteiger partial charge < -0.3 is 14.8 Å². The van der Waals surface area contributed by atoms with Crippen LogP contribution in [0.2, 0.25) is 0 Å². The van der Waals surface area contributed by atoms with Crippen LogP contribution in [0.15, 0.2) is 18.2 Å². The maximum absolute atomic E-state index is 5.56. The minimum Gasteiger partial charge on any atom is -0.497 e. The van der Waals surface area contributed by atoms with Crippen LogP contribution in [0.4, 0.5) is 0 Å². The van der Waals surface area contributed by atoms with Crippen molar-refractivity contribution in [3.8, 4) is 11.5 Å². The standard InChI is InChI=1S/C16H25NO2S/c1-4-8-17-16(12-7-9-20-11-12)14-10-13(18-2)5-6-15(14)19-3/h5-6,10,12,16-17H,4,7-9,11H2,1-3H3. The molecule has 1 aromatic carbocycles. The largest absolute Gasteiger partial charge is 0.497 e. The Balaban J connectivity index is 2.29. The summed E-state index contributed by atoms with van der Waals surface area (Å²) in [7, 11) is 3.46. The van der Waals surface area contributed by atoms with Crippen molar-refractivity contribution in [2.24, 2.45) is 5.92 Å². The number of thioether (sulfide) groups is 1. The van der Waals surface area contributed by atoms with Gasteiger partial charge in [0.15, 0.2) is 0 Å². The van der Waals surface area contributed by atoms with Crippen LogP contribution in [0, 0.1) is 5.92 Å². The first kappa shape index (κ1) is 15.5. The molecule has 3 nitrogen and oxygen atoms in total. The van der Waals surface area contributed by atoms with Crippen LogP contribution in [0.1, 0.15) is 31.4 Å². The van der Waals surface area contributed by atoms with Gasteiger partial charge in [0.25, 0.3) is 0 Å².